The largest absolute Gasteiger partial charge is 0.361 e. The highest BCUT2D eigenvalue weighted by atomic mass is 79.9. The van der Waals surface area contributed by atoms with E-state index >= 15 is 0 Å². The molecule has 8 heteroatoms. The van der Waals surface area contributed by atoms with E-state index < -0.39 is 0 Å². The number of anilines is 1. The Morgan fingerprint density at radius 2 is 2.17 bits per heavy atom. The molecule has 0 aliphatic heterocycles. The highest BCUT2D eigenvalue weighted by molar-refractivity contribution is 9.10. The molecular weight excluding hydrogens is 394 g/mol. The van der Waals surface area contributed by atoms with Crippen LogP contribution in [0.15, 0.2) is 16.7 Å². The zero-order valence-electron chi connectivity index (χ0n) is 14.0. The normalized spacial score (nSPS) is 13.5. The van der Waals surface area contributed by atoms with Crippen molar-refractivity contribution in [3.63, 3.8) is 0 Å². The van der Waals surface area contributed by atoms with Crippen LogP contribution in [0, 0.1) is 0 Å². The molecule has 0 unspecified atom stereocenters. The van der Waals surface area contributed by atoms with E-state index in [0.717, 1.165) is 23.7 Å². The molecule has 2 N–H and O–H groups in total. The second-order valence-electron chi connectivity index (χ2n) is 6.06. The highest BCUT2D eigenvalue weighted by Crippen LogP contribution is 2.27. The number of carbonyl (C=O) groups excluding carboxylic acids is 1. The molecule has 1 atom stereocenters. The lowest BCUT2D eigenvalue weighted by molar-refractivity contribution is -0.119. The summed E-state index contributed by atoms with van der Waals surface area (Å²) in [6.45, 7) is 6.19. The third kappa shape index (κ3) is 5.01. The average molecular weight is 415 g/mol. The Morgan fingerprint density at radius 1 is 1.42 bits per heavy atom. The van der Waals surface area contributed by atoms with Gasteiger partial charge in [-0.25, -0.2) is 9.97 Å². The van der Waals surface area contributed by atoms with Gasteiger partial charge in [0.15, 0.2) is 5.82 Å². The van der Waals surface area contributed by atoms with E-state index in [1.807, 2.05) is 6.07 Å². The number of amides is 1. The monoisotopic (exact) mass is 413 g/mol. The third-order valence-corrected chi connectivity index (χ3v) is 4.31. The summed E-state index contributed by atoms with van der Waals surface area (Å²) in [5, 5.41) is 6.46. The van der Waals surface area contributed by atoms with Crippen molar-refractivity contribution >= 4 is 50.3 Å². The topological polar surface area (TPSA) is 79.8 Å². The Bertz CT molecular complexity index is 736. The van der Waals surface area contributed by atoms with E-state index in [0.29, 0.717) is 23.4 Å². The van der Waals surface area contributed by atoms with Crippen LogP contribution in [0.2, 0.25) is 5.28 Å². The third-order valence-electron chi connectivity index (χ3n) is 3.71. The molecule has 0 saturated carbocycles. The smallest absolute Gasteiger partial charge is 0.225 e. The van der Waals surface area contributed by atoms with Crippen LogP contribution in [-0.2, 0) is 4.79 Å². The zero-order chi connectivity index (χ0) is 17.7. The summed E-state index contributed by atoms with van der Waals surface area (Å²) in [6, 6.07) is 1.85. The van der Waals surface area contributed by atoms with Gasteiger partial charge >= 0.3 is 0 Å². The summed E-state index contributed by atoms with van der Waals surface area (Å²) in [7, 11) is 0. The summed E-state index contributed by atoms with van der Waals surface area (Å²) < 4.78 is 0.822. The summed E-state index contributed by atoms with van der Waals surface area (Å²) in [6.07, 6.45) is 4.66. The van der Waals surface area contributed by atoms with Crippen molar-refractivity contribution in [2.75, 3.05) is 11.9 Å². The van der Waals surface area contributed by atoms with Gasteiger partial charge in [0.05, 0.1) is 11.1 Å². The van der Waals surface area contributed by atoms with Gasteiger partial charge in [-0.05, 0) is 46.9 Å². The Balaban J connectivity index is 2.37. The van der Waals surface area contributed by atoms with Gasteiger partial charge in [-0.3, -0.25) is 4.79 Å². The number of unbranched alkanes of at least 4 members (excludes halogenated alkanes) is 1. The van der Waals surface area contributed by atoms with Crippen molar-refractivity contribution in [2.45, 2.75) is 45.6 Å². The number of rotatable bonds is 7. The van der Waals surface area contributed by atoms with Crippen molar-refractivity contribution in [3.8, 4) is 0 Å². The molecule has 130 valence electrons. The lowest BCUT2D eigenvalue weighted by Gasteiger charge is -2.32. The fourth-order valence-corrected chi connectivity index (χ4v) is 2.92. The van der Waals surface area contributed by atoms with Crippen molar-refractivity contribution in [1.82, 2.24) is 20.3 Å². The van der Waals surface area contributed by atoms with Crippen LogP contribution in [0.3, 0.4) is 0 Å². The van der Waals surface area contributed by atoms with Crippen LogP contribution in [-0.4, -0.2) is 32.9 Å². The van der Waals surface area contributed by atoms with E-state index in [9.17, 15) is 4.79 Å². The predicted molar refractivity (Wildman–Crippen MR) is 100 cm³/mol. The molecule has 1 amide bonds. The van der Waals surface area contributed by atoms with Gasteiger partial charge in [0.25, 0.3) is 0 Å². The Hall–Kier alpha value is -1.47. The molecule has 0 spiro atoms. The number of halogens is 2. The number of nitrogens with one attached hydrogen (secondary N) is 2. The Morgan fingerprint density at radius 3 is 2.83 bits per heavy atom. The van der Waals surface area contributed by atoms with E-state index in [4.69, 9.17) is 11.6 Å². The fraction of sp³-hybridized carbons (Fsp3) is 0.500. The molecule has 24 heavy (non-hydrogen) atoms. The summed E-state index contributed by atoms with van der Waals surface area (Å²) in [5.74, 6) is 0.508. The molecule has 0 aromatic carbocycles. The standard InChI is InChI=1S/C16H21BrClN5O/c1-4-5-6-16(3,9-20-10(2)24)23-14-13-12(21-15(18)22-14)7-11(17)8-19-13/h7-8H,4-6,9H2,1-3H3,(H,20,24)(H,21,22,23)/t16-/m1/s1. The lowest BCUT2D eigenvalue weighted by Crippen LogP contribution is -2.46. The predicted octanol–water partition coefficient (Wildman–Crippen LogP) is 3.94. The summed E-state index contributed by atoms with van der Waals surface area (Å²) in [5.41, 5.74) is 0.943. The molecule has 0 saturated heterocycles. The number of hydrogen-bond acceptors (Lipinski definition) is 5. The maximum absolute atomic E-state index is 11.3. The zero-order valence-corrected chi connectivity index (χ0v) is 16.3. The van der Waals surface area contributed by atoms with Crippen LogP contribution >= 0.6 is 27.5 Å². The number of carbonyl (C=O) groups is 1. The van der Waals surface area contributed by atoms with Crippen molar-refractivity contribution in [3.05, 3.63) is 22.0 Å². The molecule has 0 bridgehead atoms. The van der Waals surface area contributed by atoms with E-state index in [1.54, 1.807) is 6.20 Å². The number of nitrogens with zero attached hydrogens (tertiary/aromatic N) is 3. The van der Waals surface area contributed by atoms with E-state index in [-0.39, 0.29) is 16.7 Å². The molecule has 0 fully saturated rings. The van der Waals surface area contributed by atoms with Gasteiger partial charge in [0.2, 0.25) is 11.2 Å². The van der Waals surface area contributed by atoms with Gasteiger partial charge in [-0.15, -0.1) is 0 Å². The Labute approximate surface area is 154 Å². The first-order valence-corrected chi connectivity index (χ1v) is 9.01. The van der Waals surface area contributed by atoms with Crippen LogP contribution in [0.5, 0.6) is 0 Å². The molecular formula is C16H21BrClN5O. The number of pyridine rings is 1. The van der Waals surface area contributed by atoms with Crippen LogP contribution in [0.4, 0.5) is 5.82 Å². The van der Waals surface area contributed by atoms with Gasteiger partial charge in [0, 0.05) is 24.1 Å². The van der Waals surface area contributed by atoms with Crippen LogP contribution in [0.1, 0.15) is 40.0 Å². The van der Waals surface area contributed by atoms with Gasteiger partial charge in [0.1, 0.15) is 5.52 Å². The minimum atomic E-state index is -0.360. The fourth-order valence-electron chi connectivity index (χ4n) is 2.42. The van der Waals surface area contributed by atoms with Crippen LogP contribution in [0.25, 0.3) is 11.0 Å². The van der Waals surface area contributed by atoms with Gasteiger partial charge in [-0.1, -0.05) is 19.8 Å². The number of hydrogen-bond donors (Lipinski definition) is 2. The second kappa shape index (κ2) is 8.07. The van der Waals surface area contributed by atoms with E-state index in [1.165, 1.54) is 6.92 Å². The first-order valence-electron chi connectivity index (χ1n) is 7.84. The summed E-state index contributed by atoms with van der Waals surface area (Å²) >= 11 is 9.45. The van der Waals surface area contributed by atoms with Gasteiger partial charge < -0.3 is 10.6 Å². The van der Waals surface area contributed by atoms with Crippen LogP contribution < -0.4 is 10.6 Å². The SMILES string of the molecule is CCCC[C@](C)(CNC(C)=O)Nc1nc(Cl)nc2cc(Br)cnc12. The molecule has 2 heterocycles. The first-order chi connectivity index (χ1) is 11.3. The number of aromatic nitrogens is 3. The molecule has 2 aromatic heterocycles. The molecule has 0 aliphatic rings. The maximum Gasteiger partial charge on any atom is 0.225 e. The van der Waals surface area contributed by atoms with E-state index in [2.05, 4.69) is 55.4 Å². The van der Waals surface area contributed by atoms with Crippen molar-refractivity contribution in [2.24, 2.45) is 0 Å². The maximum atomic E-state index is 11.3. The quantitative estimate of drug-likeness (QED) is 0.671. The lowest BCUT2D eigenvalue weighted by atomic mass is 9.94. The molecule has 6 nitrogen and oxygen atoms in total. The van der Waals surface area contributed by atoms with Gasteiger partial charge in [-0.2, -0.15) is 4.98 Å². The minimum absolute atomic E-state index is 0.0628. The molecule has 0 radical (unpaired) electrons. The molecule has 2 aromatic rings. The minimum Gasteiger partial charge on any atom is -0.361 e. The first kappa shape index (κ1) is 18.9. The molecule has 2 rings (SSSR count). The molecule has 0 aliphatic carbocycles. The average Bonchev–Trinajstić information content (AvgIpc) is 2.50. The summed E-state index contributed by atoms with van der Waals surface area (Å²) in [4.78, 5) is 24.2. The van der Waals surface area contributed by atoms with Crippen molar-refractivity contribution in [1.29, 1.82) is 0 Å². The van der Waals surface area contributed by atoms with Crippen molar-refractivity contribution < 1.29 is 4.79 Å². The highest BCUT2D eigenvalue weighted by Gasteiger charge is 2.26. The number of fused-ring (bicyclic) bond motifs is 1. The Kier molecular flexibility index (Phi) is 6.34. The second-order valence-corrected chi connectivity index (χ2v) is 7.32.